The SMILES string of the molecule is CC(NC(=O)OCC1c2ccccc2-c2ccccc21)C(=O)NC(C)C(=O)N1CCCC1C(=O)NC(Cc1ccccc1)C(=O)NCCS(=O)(=O)c1ccc(/N=N/c2c(S(=O)(=O)O)cc3cc(S(=O)(=O)O)c(/N=N/c4ccc(S(=O)(=O)CCN)cc4)c(O)c3c2N)cc1. The number of aromatic hydroxyl groups is 1. The van der Waals surface area contributed by atoms with Crippen molar-refractivity contribution in [2.24, 2.45) is 26.2 Å². The van der Waals surface area contributed by atoms with Crippen LogP contribution >= 0.6 is 0 Å². The molecule has 488 valence electrons. The van der Waals surface area contributed by atoms with Crippen LogP contribution in [-0.2, 0) is 70.2 Å². The van der Waals surface area contributed by atoms with Gasteiger partial charge in [0.25, 0.3) is 20.2 Å². The summed E-state index contributed by atoms with van der Waals surface area (Å²) in [5, 5.41) is 36.4. The number of nitrogens with zero attached hydrogens (tertiary/aromatic N) is 5. The van der Waals surface area contributed by atoms with Crippen molar-refractivity contribution in [3.8, 4) is 16.9 Å². The van der Waals surface area contributed by atoms with Gasteiger partial charge in [-0.2, -0.15) is 27.1 Å². The number of likely N-dealkylation sites (tertiary alicyclic amines) is 1. The molecule has 0 aromatic heterocycles. The average Bonchev–Trinajstić information content (AvgIpc) is 1.47. The Bertz CT molecular complexity index is 4560. The van der Waals surface area contributed by atoms with Crippen LogP contribution in [0.4, 0.5) is 33.2 Å². The summed E-state index contributed by atoms with van der Waals surface area (Å²) in [7, 11) is -18.5. The zero-order valence-electron chi connectivity index (χ0n) is 49.6. The highest BCUT2D eigenvalue weighted by atomic mass is 32.2. The fourth-order valence-electron chi connectivity index (χ4n) is 10.7. The van der Waals surface area contributed by atoms with Gasteiger partial charge in [0.1, 0.15) is 51.9 Å². The summed E-state index contributed by atoms with van der Waals surface area (Å²) in [5.41, 5.74) is 13.9. The van der Waals surface area contributed by atoms with Crippen LogP contribution < -0.4 is 32.7 Å². The maximum Gasteiger partial charge on any atom is 0.407 e. The molecule has 7 aromatic rings. The van der Waals surface area contributed by atoms with E-state index >= 15 is 0 Å². The van der Waals surface area contributed by atoms with E-state index in [0.717, 1.165) is 34.4 Å². The molecule has 1 saturated heterocycles. The third-order valence-corrected chi connectivity index (χ3v) is 20.6. The number of carbonyl (C=O) groups is 5. The summed E-state index contributed by atoms with van der Waals surface area (Å²) in [4.78, 5) is 66.9. The Morgan fingerprint density at radius 3 is 1.73 bits per heavy atom. The first-order valence-corrected chi connectivity index (χ1v) is 34.9. The number of phenols is 1. The lowest BCUT2D eigenvalue weighted by molar-refractivity contribution is -0.141. The maximum atomic E-state index is 14.1. The minimum atomic E-state index is -5.28. The Labute approximate surface area is 534 Å². The number of nitrogen functional groups attached to an aromatic ring is 1. The molecule has 0 saturated carbocycles. The van der Waals surface area contributed by atoms with E-state index in [9.17, 15) is 71.9 Å². The topological polar surface area (TPSA) is 445 Å². The number of nitrogens with one attached hydrogen (secondary N) is 4. The van der Waals surface area contributed by atoms with Gasteiger partial charge >= 0.3 is 6.09 Å². The molecule has 4 atom stereocenters. The number of carbonyl (C=O) groups excluding carboxylic acids is 5. The standard InChI is InChI=1S/C61H63N11O17S4/c1-35(66-61(78)89-34-47-45-15-8-6-13-43(45)44-14-7-9-16-46(44)47)57(74)65-36(2)60(77)72-28-10-17-49(72)59(76)67-48(31-37-11-4-3-5-12-37)58(75)64-27-30-91(81,82)42-24-20-39(21-25-42)68-70-54-50(92(83,84)85)32-38-33-51(93(86,87)88)55(56(73)52(38)53(54)63)71-69-40-18-22-41(23-19-40)90(79,80)29-26-62/h3-9,11-16,18-25,32-33,35-36,47-49,73H,10,17,26-31,34,62-63H2,1-2H3,(H,64,75)(H,65,74)(H,66,78)(H,67,76)(H,83,84,85)(H,86,87,88)/b70-68+,71-69+. The van der Waals surface area contributed by atoms with E-state index < -0.39 is 149 Å². The van der Waals surface area contributed by atoms with Gasteiger partial charge in [0.15, 0.2) is 25.4 Å². The van der Waals surface area contributed by atoms with Crippen molar-refractivity contribution in [1.29, 1.82) is 0 Å². The lowest BCUT2D eigenvalue weighted by atomic mass is 9.98. The summed E-state index contributed by atoms with van der Waals surface area (Å²) in [6.07, 6.45) is -0.240. The maximum absolute atomic E-state index is 14.1. The second-order valence-corrected chi connectivity index (χ2v) is 28.7. The van der Waals surface area contributed by atoms with E-state index in [1.807, 2.05) is 48.5 Å². The normalized spacial score (nSPS) is 15.3. The van der Waals surface area contributed by atoms with Gasteiger partial charge < -0.3 is 47.5 Å². The number of benzene rings is 7. The van der Waals surface area contributed by atoms with Crippen LogP contribution in [0.3, 0.4) is 0 Å². The molecule has 1 aliphatic carbocycles. The minimum Gasteiger partial charge on any atom is -0.505 e. The summed E-state index contributed by atoms with van der Waals surface area (Å²) in [5.74, 6) is -5.00. The molecule has 1 heterocycles. The highest BCUT2D eigenvalue weighted by molar-refractivity contribution is 7.91. The molecule has 9 rings (SSSR count). The highest BCUT2D eigenvalue weighted by Gasteiger charge is 2.39. The number of hydrogen-bond donors (Lipinski definition) is 9. The molecule has 11 N–H and O–H groups in total. The van der Waals surface area contributed by atoms with Crippen LogP contribution in [-0.4, -0.2) is 144 Å². The zero-order chi connectivity index (χ0) is 67.2. The van der Waals surface area contributed by atoms with E-state index in [-0.39, 0.29) is 65.4 Å². The van der Waals surface area contributed by atoms with Crippen LogP contribution in [0.15, 0.2) is 180 Å². The van der Waals surface area contributed by atoms with Crippen LogP contribution in [0.2, 0.25) is 0 Å². The molecule has 7 aromatic carbocycles. The lowest BCUT2D eigenvalue weighted by Gasteiger charge is -2.29. The van der Waals surface area contributed by atoms with Gasteiger partial charge in [-0.05, 0) is 121 Å². The highest BCUT2D eigenvalue weighted by Crippen LogP contribution is 2.49. The first kappa shape index (κ1) is 67.8. The molecule has 5 amide bonds. The molecule has 1 fully saturated rings. The van der Waals surface area contributed by atoms with Gasteiger partial charge in [-0.25, -0.2) is 21.6 Å². The second kappa shape index (κ2) is 28.1. The van der Waals surface area contributed by atoms with Crippen molar-refractivity contribution in [2.45, 2.75) is 82.8 Å². The number of azo groups is 2. The number of anilines is 1. The fraction of sp³-hybridized carbons (Fsp3) is 0.262. The summed E-state index contributed by atoms with van der Waals surface area (Å²) in [6, 6.07) is 30.4. The third-order valence-electron chi connectivity index (χ3n) is 15.4. The van der Waals surface area contributed by atoms with Gasteiger partial charge in [-0.15, -0.1) is 10.2 Å². The number of sulfone groups is 2. The summed E-state index contributed by atoms with van der Waals surface area (Å²) >= 11 is 0. The number of amides is 5. The van der Waals surface area contributed by atoms with Crippen LogP contribution in [0.1, 0.15) is 49.3 Å². The molecule has 93 heavy (non-hydrogen) atoms. The fourth-order valence-corrected chi connectivity index (χ4v) is 14.3. The average molecular weight is 1350 g/mol. The molecular weight excluding hydrogens is 1290 g/mol. The van der Waals surface area contributed by atoms with Crippen LogP contribution in [0.5, 0.6) is 5.75 Å². The summed E-state index contributed by atoms with van der Waals surface area (Å²) < 4.78 is 129. The minimum absolute atomic E-state index is 0.0144. The lowest BCUT2D eigenvalue weighted by Crippen LogP contribution is -2.57. The molecule has 2 aliphatic rings. The predicted molar refractivity (Wildman–Crippen MR) is 339 cm³/mol. The number of fused-ring (bicyclic) bond motifs is 4. The monoisotopic (exact) mass is 1350 g/mol. The summed E-state index contributed by atoms with van der Waals surface area (Å²) in [6.45, 7) is 2.44. The molecule has 32 heteroatoms. The largest absolute Gasteiger partial charge is 0.505 e. The van der Waals surface area contributed by atoms with Crippen molar-refractivity contribution in [1.82, 2.24) is 26.2 Å². The number of nitrogens with two attached hydrogens (primary N) is 2. The number of rotatable bonds is 24. The Morgan fingerprint density at radius 2 is 1.17 bits per heavy atom. The van der Waals surface area contributed by atoms with E-state index in [0.29, 0.717) is 24.1 Å². The smallest absolute Gasteiger partial charge is 0.407 e. The van der Waals surface area contributed by atoms with Crippen LogP contribution in [0, 0.1) is 0 Å². The van der Waals surface area contributed by atoms with E-state index in [1.54, 1.807) is 30.3 Å². The molecule has 1 aliphatic heterocycles. The Hall–Kier alpha value is -9.57. The quantitative estimate of drug-likeness (QED) is 0.0184. The van der Waals surface area contributed by atoms with Crippen molar-refractivity contribution in [3.63, 3.8) is 0 Å². The van der Waals surface area contributed by atoms with Crippen molar-refractivity contribution in [2.75, 3.05) is 43.5 Å². The van der Waals surface area contributed by atoms with Crippen molar-refractivity contribution >= 4 is 109 Å². The first-order chi connectivity index (χ1) is 44.1. The first-order valence-electron chi connectivity index (χ1n) is 28.7. The van der Waals surface area contributed by atoms with E-state index in [1.165, 1.54) is 55.1 Å². The Morgan fingerprint density at radius 1 is 0.645 bits per heavy atom. The number of hydrogen-bond acceptors (Lipinski definition) is 21. The number of phenolic OH excluding ortho intramolecular Hbond substituents is 1. The number of ether oxygens (including phenoxy) is 1. The molecule has 0 spiro atoms. The molecule has 0 radical (unpaired) electrons. The Balaban J connectivity index is 0.824. The van der Waals surface area contributed by atoms with Gasteiger partial charge in [-0.1, -0.05) is 78.9 Å². The van der Waals surface area contributed by atoms with Crippen molar-refractivity contribution < 1.29 is 76.6 Å². The van der Waals surface area contributed by atoms with Gasteiger partial charge in [0.05, 0.1) is 43.7 Å². The van der Waals surface area contributed by atoms with E-state index in [4.69, 9.17) is 16.2 Å². The predicted octanol–water partition coefficient (Wildman–Crippen LogP) is 6.22. The van der Waals surface area contributed by atoms with Gasteiger partial charge in [0, 0.05) is 32.0 Å². The number of alkyl carbamates (subject to hydrolysis) is 1. The third kappa shape index (κ3) is 15.7. The van der Waals surface area contributed by atoms with Crippen molar-refractivity contribution in [3.05, 3.63) is 156 Å². The van der Waals surface area contributed by atoms with E-state index in [2.05, 4.69) is 41.7 Å². The van der Waals surface area contributed by atoms with Gasteiger partial charge in [-0.3, -0.25) is 28.3 Å². The van der Waals surface area contributed by atoms with Crippen LogP contribution in [0.25, 0.3) is 21.9 Å². The molecule has 4 unspecified atom stereocenters. The molecule has 28 nitrogen and oxygen atoms in total. The zero-order valence-corrected chi connectivity index (χ0v) is 52.9. The second-order valence-electron chi connectivity index (χ2n) is 21.7. The molecular formula is C61H63N11O17S4. The van der Waals surface area contributed by atoms with Gasteiger partial charge in [0.2, 0.25) is 23.6 Å². The Kier molecular flexibility index (Phi) is 20.5. The molecule has 0 bridgehead atoms.